The number of carbonyl (C=O) groups excluding carboxylic acids is 2. The van der Waals surface area contributed by atoms with E-state index in [2.05, 4.69) is 21.3 Å². The zero-order chi connectivity index (χ0) is 22.2. The van der Waals surface area contributed by atoms with Crippen molar-refractivity contribution in [2.75, 3.05) is 11.9 Å². The summed E-state index contributed by atoms with van der Waals surface area (Å²) in [6, 6.07) is 15.5. The molecule has 1 saturated carbocycles. The lowest BCUT2D eigenvalue weighted by molar-refractivity contribution is -0.163. The molecule has 2 aromatic carbocycles. The Bertz CT molecular complexity index is 1020. The van der Waals surface area contributed by atoms with Gasteiger partial charge < -0.3 is 10.2 Å². The van der Waals surface area contributed by atoms with Gasteiger partial charge in [0.05, 0.1) is 22.7 Å². The number of hydrogen-bond acceptors (Lipinski definition) is 5. The summed E-state index contributed by atoms with van der Waals surface area (Å²) < 4.78 is 0. The van der Waals surface area contributed by atoms with Crippen molar-refractivity contribution in [1.82, 2.24) is 20.9 Å². The maximum atomic E-state index is 13.6. The number of benzene rings is 2. The Hall–Kier alpha value is -2.45. The van der Waals surface area contributed by atoms with Gasteiger partial charge in [0.1, 0.15) is 12.7 Å². The Morgan fingerprint density at radius 3 is 2.72 bits per heavy atom. The highest BCUT2D eigenvalue weighted by molar-refractivity contribution is 6.33. The number of nitrogens with one attached hydrogen (secondary N) is 3. The van der Waals surface area contributed by atoms with Crippen molar-refractivity contribution < 1.29 is 9.59 Å². The van der Waals surface area contributed by atoms with Crippen LogP contribution in [0.25, 0.3) is 0 Å². The summed E-state index contributed by atoms with van der Waals surface area (Å²) in [4.78, 5) is 28.4. The van der Waals surface area contributed by atoms with Gasteiger partial charge in [-0.2, -0.15) is 5.53 Å². The van der Waals surface area contributed by atoms with Crippen LogP contribution in [0.3, 0.4) is 0 Å². The molecule has 2 heterocycles. The number of carbonyl (C=O) groups is 2. The van der Waals surface area contributed by atoms with Crippen LogP contribution in [-0.4, -0.2) is 40.5 Å². The van der Waals surface area contributed by atoms with Gasteiger partial charge in [-0.05, 0) is 43.0 Å². The summed E-state index contributed by atoms with van der Waals surface area (Å²) in [6.45, 7) is 1.92. The molecule has 0 bridgehead atoms. The van der Waals surface area contributed by atoms with E-state index in [1.807, 2.05) is 49.4 Å². The monoisotopic (exact) mass is 453 g/mol. The third kappa shape index (κ3) is 3.90. The lowest BCUT2D eigenvalue weighted by atomic mass is 9.80. The highest BCUT2D eigenvalue weighted by atomic mass is 35.5. The summed E-state index contributed by atoms with van der Waals surface area (Å²) in [6.07, 6.45) is 3.69. The molecular formula is C24H28ClN5O2. The van der Waals surface area contributed by atoms with Crippen molar-refractivity contribution in [2.45, 2.75) is 50.9 Å². The lowest BCUT2D eigenvalue weighted by Crippen LogP contribution is -2.66. The minimum Gasteiger partial charge on any atom is -0.323 e. The summed E-state index contributed by atoms with van der Waals surface area (Å²) >= 11 is 6.30. The first kappa shape index (κ1) is 21.4. The molecule has 2 saturated heterocycles. The van der Waals surface area contributed by atoms with Crippen LogP contribution in [0.1, 0.15) is 42.9 Å². The maximum Gasteiger partial charge on any atom is 0.244 e. The van der Waals surface area contributed by atoms with Crippen LogP contribution in [0.15, 0.2) is 48.5 Å². The van der Waals surface area contributed by atoms with Crippen LogP contribution >= 0.6 is 11.6 Å². The van der Waals surface area contributed by atoms with Crippen LogP contribution in [0.2, 0.25) is 5.02 Å². The molecule has 5 rings (SSSR count). The van der Waals surface area contributed by atoms with E-state index >= 15 is 0 Å². The number of anilines is 1. The highest BCUT2D eigenvalue weighted by Crippen LogP contribution is 2.40. The van der Waals surface area contributed by atoms with E-state index in [1.165, 1.54) is 0 Å². The Balaban J connectivity index is 1.42. The molecule has 0 radical (unpaired) electrons. The summed E-state index contributed by atoms with van der Waals surface area (Å²) in [5.74, 6) is -0.288. The van der Waals surface area contributed by atoms with Crippen LogP contribution in [0, 0.1) is 12.8 Å². The van der Waals surface area contributed by atoms with E-state index in [4.69, 9.17) is 11.6 Å². The Morgan fingerprint density at radius 1 is 1.16 bits per heavy atom. The first-order valence-corrected chi connectivity index (χ1v) is 11.6. The Morgan fingerprint density at radius 2 is 1.94 bits per heavy atom. The van der Waals surface area contributed by atoms with Crippen molar-refractivity contribution in [3.63, 3.8) is 0 Å². The van der Waals surface area contributed by atoms with Gasteiger partial charge in [-0.3, -0.25) is 9.59 Å². The summed E-state index contributed by atoms with van der Waals surface area (Å²) in [5, 5.41) is 5.54. The van der Waals surface area contributed by atoms with Crippen LogP contribution in [-0.2, 0) is 9.59 Å². The molecule has 8 heteroatoms. The lowest BCUT2D eigenvalue weighted by Gasteiger charge is -2.49. The molecule has 2 aliphatic heterocycles. The predicted octanol–water partition coefficient (Wildman–Crippen LogP) is 3.38. The number of rotatable bonds is 4. The van der Waals surface area contributed by atoms with E-state index in [9.17, 15) is 9.59 Å². The van der Waals surface area contributed by atoms with E-state index in [0.29, 0.717) is 10.7 Å². The fourth-order valence-electron chi connectivity index (χ4n) is 5.28. The number of nitrogens with zero attached hydrogens (tertiary/aromatic N) is 2. The minimum absolute atomic E-state index is 0.0277. The van der Waals surface area contributed by atoms with Gasteiger partial charge in [0.25, 0.3) is 0 Å². The standard InChI is InChI=1S/C24H28ClN5O2/c1-15-11-12-19(18(25)13-15)26-21(31)14-29-23-22(16-7-3-2-4-8-16)27-28-30(23)20-10-6-5-9-17(20)24(29)32/h2-4,7-8,11-13,17,20,22-23,27-28H,5-6,9-10,14H2,1H3,(H,26,31). The second-order valence-corrected chi connectivity index (χ2v) is 9.33. The Kier molecular flexibility index (Phi) is 5.90. The molecule has 3 aliphatic rings. The van der Waals surface area contributed by atoms with Gasteiger partial charge in [0, 0.05) is 6.04 Å². The van der Waals surface area contributed by atoms with Gasteiger partial charge in [-0.1, -0.05) is 60.8 Å². The molecular weight excluding hydrogens is 426 g/mol. The molecule has 4 atom stereocenters. The Labute approximate surface area is 193 Å². The van der Waals surface area contributed by atoms with Crippen LogP contribution in [0.5, 0.6) is 0 Å². The smallest absolute Gasteiger partial charge is 0.244 e. The molecule has 4 unspecified atom stereocenters. The molecule has 7 nitrogen and oxygen atoms in total. The van der Waals surface area contributed by atoms with Crippen molar-refractivity contribution in [3.05, 3.63) is 64.7 Å². The third-order valence-corrected chi connectivity index (χ3v) is 7.12. The summed E-state index contributed by atoms with van der Waals surface area (Å²) in [5.41, 5.74) is 9.35. The van der Waals surface area contributed by atoms with Gasteiger partial charge in [0.15, 0.2) is 0 Å². The first-order chi connectivity index (χ1) is 15.5. The van der Waals surface area contributed by atoms with Gasteiger partial charge in [-0.25, -0.2) is 10.4 Å². The zero-order valence-corrected chi connectivity index (χ0v) is 18.8. The fraction of sp³-hybridized carbons (Fsp3) is 0.417. The number of hydrazine groups is 2. The first-order valence-electron chi connectivity index (χ1n) is 11.2. The van der Waals surface area contributed by atoms with Crippen LogP contribution < -0.4 is 16.3 Å². The fourth-order valence-corrected chi connectivity index (χ4v) is 5.57. The SMILES string of the molecule is Cc1ccc(NC(=O)CN2C(=O)C3CCCCC3N3NNC(c4ccccc4)C23)c(Cl)c1. The largest absolute Gasteiger partial charge is 0.323 e. The number of amides is 2. The maximum absolute atomic E-state index is 13.6. The third-order valence-electron chi connectivity index (χ3n) is 6.81. The number of hydrogen-bond donors (Lipinski definition) is 3. The van der Waals surface area contributed by atoms with Crippen molar-refractivity contribution in [2.24, 2.45) is 5.92 Å². The predicted molar refractivity (Wildman–Crippen MR) is 123 cm³/mol. The topological polar surface area (TPSA) is 76.7 Å². The molecule has 2 amide bonds. The number of aryl methyl sites for hydroxylation is 1. The minimum atomic E-state index is -0.288. The number of halogens is 1. The average Bonchev–Trinajstić information content (AvgIpc) is 3.24. The molecule has 32 heavy (non-hydrogen) atoms. The van der Waals surface area contributed by atoms with Crippen LogP contribution in [0.4, 0.5) is 5.69 Å². The zero-order valence-electron chi connectivity index (χ0n) is 18.1. The molecule has 0 aromatic heterocycles. The van der Waals surface area contributed by atoms with Gasteiger partial charge >= 0.3 is 0 Å². The number of fused-ring (bicyclic) bond motifs is 3. The average molecular weight is 454 g/mol. The van der Waals surface area contributed by atoms with E-state index in [1.54, 1.807) is 11.0 Å². The molecule has 3 fully saturated rings. The van der Waals surface area contributed by atoms with Crippen molar-refractivity contribution in [1.29, 1.82) is 0 Å². The van der Waals surface area contributed by atoms with Gasteiger partial charge in [0.2, 0.25) is 11.8 Å². The van der Waals surface area contributed by atoms with Crippen molar-refractivity contribution >= 4 is 29.1 Å². The molecule has 1 aliphatic carbocycles. The highest BCUT2D eigenvalue weighted by Gasteiger charge is 2.53. The molecule has 3 N–H and O–H groups in total. The van der Waals surface area contributed by atoms with Gasteiger partial charge in [-0.15, -0.1) is 0 Å². The molecule has 168 valence electrons. The van der Waals surface area contributed by atoms with E-state index in [0.717, 1.165) is 36.8 Å². The second-order valence-electron chi connectivity index (χ2n) is 8.92. The van der Waals surface area contributed by atoms with E-state index in [-0.39, 0.29) is 42.5 Å². The quantitative estimate of drug-likeness (QED) is 0.661. The summed E-state index contributed by atoms with van der Waals surface area (Å²) in [7, 11) is 0. The van der Waals surface area contributed by atoms with Crippen molar-refractivity contribution in [3.8, 4) is 0 Å². The molecule has 0 spiro atoms. The molecule has 2 aromatic rings. The van der Waals surface area contributed by atoms with E-state index < -0.39 is 0 Å². The second kappa shape index (κ2) is 8.83. The normalized spacial score (nSPS) is 27.7.